The average molecular weight is 245 g/mol. The van der Waals surface area contributed by atoms with Crippen LogP contribution < -0.4 is 5.73 Å². The molecule has 0 aromatic rings. The first-order chi connectivity index (χ1) is 7.61. The van der Waals surface area contributed by atoms with Gasteiger partial charge in [-0.05, 0) is 37.0 Å². The third kappa shape index (κ3) is 5.21. The zero-order valence-electron chi connectivity index (χ0n) is 10.3. The Hall–Kier alpha value is -0.220. The van der Waals surface area contributed by atoms with E-state index in [0.29, 0.717) is 18.9 Å². The summed E-state index contributed by atoms with van der Waals surface area (Å²) in [5, 5.41) is 0. The highest BCUT2D eigenvalue weighted by Gasteiger charge is 2.21. The van der Waals surface area contributed by atoms with Crippen molar-refractivity contribution in [3.8, 4) is 0 Å². The number of hydrogen-bond donors (Lipinski definition) is 1. The molecule has 2 N–H and O–H groups in total. The molecule has 0 saturated carbocycles. The lowest BCUT2D eigenvalue weighted by Crippen LogP contribution is -2.24. The van der Waals surface area contributed by atoms with Crippen molar-refractivity contribution in [2.45, 2.75) is 39.2 Å². The Morgan fingerprint density at radius 1 is 1.56 bits per heavy atom. The summed E-state index contributed by atoms with van der Waals surface area (Å²) in [6, 6.07) is 0. The minimum atomic E-state index is -0.0661. The van der Waals surface area contributed by atoms with E-state index in [4.69, 9.17) is 10.5 Å². The number of rotatable bonds is 6. The highest BCUT2D eigenvalue weighted by atomic mass is 32.2. The van der Waals surface area contributed by atoms with E-state index in [-0.39, 0.29) is 18.0 Å². The van der Waals surface area contributed by atoms with E-state index in [2.05, 4.69) is 13.8 Å². The second-order valence-electron chi connectivity index (χ2n) is 4.91. The lowest BCUT2D eigenvalue weighted by atomic mass is 9.94. The molecule has 0 spiro atoms. The number of thioether (sulfide) groups is 1. The first-order valence-corrected chi connectivity index (χ1v) is 7.24. The molecule has 16 heavy (non-hydrogen) atoms. The summed E-state index contributed by atoms with van der Waals surface area (Å²) < 4.78 is 5.41. The predicted molar refractivity (Wildman–Crippen MR) is 68.4 cm³/mol. The average Bonchev–Trinajstić information content (AvgIpc) is 2.68. The Morgan fingerprint density at radius 2 is 2.31 bits per heavy atom. The van der Waals surface area contributed by atoms with Gasteiger partial charge in [0.25, 0.3) is 0 Å². The van der Waals surface area contributed by atoms with Crippen molar-refractivity contribution in [3.05, 3.63) is 0 Å². The van der Waals surface area contributed by atoms with Crippen molar-refractivity contribution < 1.29 is 9.53 Å². The Labute approximate surface area is 102 Å². The Morgan fingerprint density at radius 3 is 2.81 bits per heavy atom. The SMILES string of the molecule is CC(C)C[C@H](CN)CC(=O)OC1CCSC1. The molecule has 0 aliphatic carbocycles. The number of nitrogens with two attached hydrogens (primary N) is 1. The van der Waals surface area contributed by atoms with Gasteiger partial charge in [-0.3, -0.25) is 4.79 Å². The van der Waals surface area contributed by atoms with E-state index in [9.17, 15) is 4.79 Å². The summed E-state index contributed by atoms with van der Waals surface area (Å²) in [5.41, 5.74) is 5.67. The highest BCUT2D eigenvalue weighted by molar-refractivity contribution is 7.99. The van der Waals surface area contributed by atoms with Crippen molar-refractivity contribution >= 4 is 17.7 Å². The topological polar surface area (TPSA) is 52.3 Å². The molecule has 0 aromatic carbocycles. The van der Waals surface area contributed by atoms with E-state index in [0.717, 1.165) is 24.3 Å². The smallest absolute Gasteiger partial charge is 0.306 e. The van der Waals surface area contributed by atoms with Gasteiger partial charge in [-0.15, -0.1) is 0 Å². The van der Waals surface area contributed by atoms with Crippen LogP contribution in [0.25, 0.3) is 0 Å². The molecule has 0 radical (unpaired) electrons. The van der Waals surface area contributed by atoms with Crippen molar-refractivity contribution in [1.29, 1.82) is 0 Å². The van der Waals surface area contributed by atoms with Gasteiger partial charge in [0.1, 0.15) is 6.10 Å². The monoisotopic (exact) mass is 245 g/mol. The quantitative estimate of drug-likeness (QED) is 0.728. The minimum Gasteiger partial charge on any atom is -0.461 e. The summed E-state index contributed by atoms with van der Waals surface area (Å²) >= 11 is 1.86. The number of carbonyl (C=O) groups excluding carboxylic acids is 1. The van der Waals surface area contributed by atoms with E-state index < -0.39 is 0 Å². The lowest BCUT2D eigenvalue weighted by molar-refractivity contribution is -0.149. The molecule has 1 aliphatic rings. The van der Waals surface area contributed by atoms with Gasteiger partial charge in [0, 0.05) is 12.2 Å². The van der Waals surface area contributed by atoms with Crippen molar-refractivity contribution in [1.82, 2.24) is 0 Å². The molecule has 0 aromatic heterocycles. The normalized spacial score (nSPS) is 22.4. The largest absolute Gasteiger partial charge is 0.461 e. The lowest BCUT2D eigenvalue weighted by Gasteiger charge is -2.17. The maximum atomic E-state index is 11.7. The van der Waals surface area contributed by atoms with Crippen molar-refractivity contribution in [2.24, 2.45) is 17.6 Å². The molecule has 1 heterocycles. The van der Waals surface area contributed by atoms with Gasteiger partial charge in [0.15, 0.2) is 0 Å². The second kappa shape index (κ2) is 7.17. The summed E-state index contributed by atoms with van der Waals surface area (Å²) in [5.74, 6) is 2.88. The van der Waals surface area contributed by atoms with Gasteiger partial charge in [0.05, 0.1) is 0 Å². The zero-order valence-corrected chi connectivity index (χ0v) is 11.1. The van der Waals surface area contributed by atoms with Crippen LogP contribution in [0.15, 0.2) is 0 Å². The summed E-state index contributed by atoms with van der Waals surface area (Å²) in [6.45, 7) is 4.88. The molecular formula is C12H23NO2S. The molecular weight excluding hydrogens is 222 g/mol. The van der Waals surface area contributed by atoms with Gasteiger partial charge in [-0.1, -0.05) is 13.8 Å². The molecule has 1 unspecified atom stereocenters. The fourth-order valence-electron chi connectivity index (χ4n) is 2.01. The standard InChI is InChI=1S/C12H23NO2S/c1-9(2)5-10(7-13)6-12(14)15-11-3-4-16-8-11/h9-11H,3-8,13H2,1-2H3/t10-,11?/m0/s1. The van der Waals surface area contributed by atoms with Crippen LogP contribution in [0.4, 0.5) is 0 Å². The molecule has 0 bridgehead atoms. The minimum absolute atomic E-state index is 0.0661. The Bertz CT molecular complexity index is 215. The van der Waals surface area contributed by atoms with Crippen LogP contribution >= 0.6 is 11.8 Å². The Balaban J connectivity index is 2.24. The number of carbonyl (C=O) groups is 1. The fourth-order valence-corrected chi connectivity index (χ4v) is 3.10. The third-order valence-electron chi connectivity index (χ3n) is 2.78. The van der Waals surface area contributed by atoms with Crippen LogP contribution in [0.2, 0.25) is 0 Å². The first kappa shape index (κ1) is 13.8. The van der Waals surface area contributed by atoms with Crippen LogP contribution in [0.1, 0.15) is 33.1 Å². The summed E-state index contributed by atoms with van der Waals surface area (Å²) in [4.78, 5) is 11.7. The van der Waals surface area contributed by atoms with Gasteiger partial charge >= 0.3 is 5.97 Å². The van der Waals surface area contributed by atoms with E-state index >= 15 is 0 Å². The predicted octanol–water partition coefficient (Wildman–Crippen LogP) is 2.05. The van der Waals surface area contributed by atoms with Crippen molar-refractivity contribution in [2.75, 3.05) is 18.1 Å². The maximum Gasteiger partial charge on any atom is 0.306 e. The number of hydrogen-bond acceptors (Lipinski definition) is 4. The van der Waals surface area contributed by atoms with Crippen molar-refractivity contribution in [3.63, 3.8) is 0 Å². The number of esters is 1. The molecule has 1 fully saturated rings. The summed E-state index contributed by atoms with van der Waals surface area (Å²) in [7, 11) is 0. The van der Waals surface area contributed by atoms with Gasteiger partial charge in [0.2, 0.25) is 0 Å². The molecule has 1 rings (SSSR count). The van der Waals surface area contributed by atoms with Gasteiger partial charge in [-0.2, -0.15) is 11.8 Å². The molecule has 2 atom stereocenters. The van der Waals surface area contributed by atoms with Crippen LogP contribution in [-0.2, 0) is 9.53 Å². The third-order valence-corrected chi connectivity index (χ3v) is 3.91. The van der Waals surface area contributed by atoms with E-state index in [1.807, 2.05) is 11.8 Å². The van der Waals surface area contributed by atoms with E-state index in [1.54, 1.807) is 0 Å². The molecule has 3 nitrogen and oxygen atoms in total. The highest BCUT2D eigenvalue weighted by Crippen LogP contribution is 2.22. The zero-order chi connectivity index (χ0) is 12.0. The first-order valence-electron chi connectivity index (χ1n) is 6.09. The van der Waals surface area contributed by atoms with Gasteiger partial charge in [-0.25, -0.2) is 0 Å². The van der Waals surface area contributed by atoms with Crippen LogP contribution in [0.5, 0.6) is 0 Å². The molecule has 1 aliphatic heterocycles. The van der Waals surface area contributed by atoms with Crippen LogP contribution in [-0.4, -0.2) is 30.1 Å². The second-order valence-corrected chi connectivity index (χ2v) is 6.06. The molecule has 94 valence electrons. The number of ether oxygens (including phenoxy) is 1. The Kier molecular flexibility index (Phi) is 6.21. The maximum absolute atomic E-state index is 11.7. The molecule has 0 amide bonds. The molecule has 1 saturated heterocycles. The van der Waals surface area contributed by atoms with Crippen LogP contribution in [0, 0.1) is 11.8 Å². The fraction of sp³-hybridized carbons (Fsp3) is 0.917. The summed E-state index contributed by atoms with van der Waals surface area (Å²) in [6.07, 6.45) is 2.64. The van der Waals surface area contributed by atoms with Crippen LogP contribution in [0.3, 0.4) is 0 Å². The van der Waals surface area contributed by atoms with Gasteiger partial charge < -0.3 is 10.5 Å². The molecule has 4 heteroatoms. The van der Waals surface area contributed by atoms with E-state index in [1.165, 1.54) is 0 Å².